The summed E-state index contributed by atoms with van der Waals surface area (Å²) in [6.45, 7) is 4.73. The molecule has 9 heteroatoms. The van der Waals surface area contributed by atoms with Crippen molar-refractivity contribution in [3.63, 3.8) is 0 Å². The lowest BCUT2D eigenvalue weighted by Gasteiger charge is -2.30. The predicted molar refractivity (Wildman–Crippen MR) is 107 cm³/mol. The topological polar surface area (TPSA) is 83.0 Å². The fourth-order valence-electron chi connectivity index (χ4n) is 3.10. The molecule has 0 aromatic carbocycles. The lowest BCUT2D eigenvalue weighted by atomic mass is 9.98. The molecule has 2 aliphatic rings. The molecule has 0 spiro atoms. The van der Waals surface area contributed by atoms with E-state index in [9.17, 15) is 8.42 Å². The van der Waals surface area contributed by atoms with E-state index in [4.69, 9.17) is 4.74 Å². The number of piperidine rings is 1. The second-order valence-corrected chi connectivity index (χ2v) is 8.48. The Kier molecular flexibility index (Phi) is 9.83. The molecule has 0 aromatic heterocycles. The summed E-state index contributed by atoms with van der Waals surface area (Å²) in [5.41, 5.74) is 0. The number of nitrogens with zero attached hydrogens (tertiary/aromatic N) is 2. The molecule has 2 heterocycles. The third-order valence-electron chi connectivity index (χ3n) is 4.72. The Morgan fingerprint density at radius 1 is 1.08 bits per heavy atom. The summed E-state index contributed by atoms with van der Waals surface area (Å²) in [5.74, 6) is 1.98. The van der Waals surface area contributed by atoms with Crippen molar-refractivity contribution in [2.24, 2.45) is 16.8 Å². The van der Waals surface area contributed by atoms with E-state index in [1.165, 1.54) is 6.26 Å². The van der Waals surface area contributed by atoms with Crippen LogP contribution in [0.3, 0.4) is 0 Å². The molecular formula is C15H31IN4O3S. The molecule has 0 aliphatic carbocycles. The first-order valence-electron chi connectivity index (χ1n) is 8.46. The molecule has 0 unspecified atom stereocenters. The number of aliphatic imine (C=N–C) groups is 1. The summed E-state index contributed by atoms with van der Waals surface area (Å²) in [4.78, 5) is 4.27. The molecule has 2 fully saturated rings. The molecule has 0 radical (unpaired) electrons. The summed E-state index contributed by atoms with van der Waals surface area (Å²) in [7, 11) is -1.26. The third-order valence-corrected chi connectivity index (χ3v) is 6.03. The summed E-state index contributed by atoms with van der Waals surface area (Å²) < 4.78 is 30.0. The van der Waals surface area contributed by atoms with Crippen LogP contribution in [-0.2, 0) is 14.8 Å². The Hall–Kier alpha value is -0.130. The van der Waals surface area contributed by atoms with E-state index in [1.54, 1.807) is 11.4 Å². The number of rotatable bonds is 5. The number of guanidine groups is 1. The minimum absolute atomic E-state index is 0. The van der Waals surface area contributed by atoms with Crippen molar-refractivity contribution in [2.45, 2.75) is 25.7 Å². The van der Waals surface area contributed by atoms with E-state index in [-0.39, 0.29) is 24.0 Å². The van der Waals surface area contributed by atoms with E-state index < -0.39 is 10.0 Å². The van der Waals surface area contributed by atoms with Gasteiger partial charge in [-0.05, 0) is 37.5 Å². The fourth-order valence-corrected chi connectivity index (χ4v) is 3.97. The van der Waals surface area contributed by atoms with Crippen LogP contribution in [-0.4, -0.2) is 71.4 Å². The standard InChI is InChI=1S/C15H30N4O3S.HI/c1-16-15(18-12-14-5-9-22-10-6-14)17-11-13-3-7-19(8-4-13)23(2,20)21;/h13-14H,3-12H2,1-2H3,(H2,16,17,18);1H. The van der Waals surface area contributed by atoms with Gasteiger partial charge in [0.1, 0.15) is 0 Å². The summed E-state index contributed by atoms with van der Waals surface area (Å²) >= 11 is 0. The largest absolute Gasteiger partial charge is 0.381 e. The van der Waals surface area contributed by atoms with E-state index in [2.05, 4.69) is 15.6 Å². The minimum Gasteiger partial charge on any atom is -0.381 e. The van der Waals surface area contributed by atoms with Gasteiger partial charge in [-0.3, -0.25) is 4.99 Å². The minimum atomic E-state index is -3.04. The molecule has 2 rings (SSSR count). The number of ether oxygens (including phenoxy) is 1. The van der Waals surface area contributed by atoms with E-state index in [0.29, 0.717) is 24.9 Å². The smallest absolute Gasteiger partial charge is 0.211 e. The van der Waals surface area contributed by atoms with Crippen LogP contribution in [0.4, 0.5) is 0 Å². The maximum atomic E-state index is 11.5. The van der Waals surface area contributed by atoms with Crippen LogP contribution in [0.5, 0.6) is 0 Å². The highest BCUT2D eigenvalue weighted by Gasteiger charge is 2.24. The first kappa shape index (κ1) is 21.9. The first-order valence-corrected chi connectivity index (χ1v) is 10.3. The fraction of sp³-hybridized carbons (Fsp3) is 0.933. The van der Waals surface area contributed by atoms with Crippen molar-refractivity contribution in [3.05, 3.63) is 0 Å². The average molecular weight is 474 g/mol. The number of nitrogens with one attached hydrogen (secondary N) is 2. The maximum Gasteiger partial charge on any atom is 0.211 e. The lowest BCUT2D eigenvalue weighted by Crippen LogP contribution is -2.45. The molecule has 0 saturated carbocycles. The van der Waals surface area contributed by atoms with E-state index >= 15 is 0 Å². The van der Waals surface area contributed by atoms with Gasteiger partial charge in [-0.15, -0.1) is 24.0 Å². The zero-order chi connectivity index (χ0) is 16.7. The van der Waals surface area contributed by atoms with Crippen LogP contribution in [0.1, 0.15) is 25.7 Å². The van der Waals surface area contributed by atoms with Crippen molar-refractivity contribution < 1.29 is 13.2 Å². The van der Waals surface area contributed by atoms with Gasteiger partial charge in [0.25, 0.3) is 0 Å². The molecule has 2 aliphatic heterocycles. The maximum absolute atomic E-state index is 11.5. The van der Waals surface area contributed by atoms with Gasteiger partial charge in [-0.1, -0.05) is 0 Å². The molecule has 0 aromatic rings. The van der Waals surface area contributed by atoms with Gasteiger partial charge < -0.3 is 15.4 Å². The Labute approximate surface area is 163 Å². The summed E-state index contributed by atoms with van der Waals surface area (Å²) in [6.07, 6.45) is 5.30. The predicted octanol–water partition coefficient (Wildman–Crippen LogP) is 0.868. The van der Waals surface area contributed by atoms with Crippen LogP contribution in [0.15, 0.2) is 4.99 Å². The van der Waals surface area contributed by atoms with Crippen molar-refractivity contribution >= 4 is 40.0 Å². The molecule has 2 saturated heterocycles. The SMILES string of the molecule is CN=C(NCC1CCOCC1)NCC1CCN(S(C)(=O)=O)CC1.I. The van der Waals surface area contributed by atoms with Crippen LogP contribution >= 0.6 is 24.0 Å². The van der Waals surface area contributed by atoms with E-state index in [0.717, 1.165) is 57.9 Å². The monoisotopic (exact) mass is 474 g/mol. The molecule has 7 nitrogen and oxygen atoms in total. The molecule has 0 bridgehead atoms. The number of sulfonamides is 1. The van der Waals surface area contributed by atoms with Gasteiger partial charge in [-0.2, -0.15) is 0 Å². The Bertz CT molecular complexity index is 487. The second kappa shape index (κ2) is 10.8. The van der Waals surface area contributed by atoms with Gasteiger partial charge in [0.2, 0.25) is 10.0 Å². The van der Waals surface area contributed by atoms with Crippen LogP contribution in [0, 0.1) is 11.8 Å². The Morgan fingerprint density at radius 3 is 2.04 bits per heavy atom. The van der Waals surface area contributed by atoms with Crippen molar-refractivity contribution in [2.75, 3.05) is 52.7 Å². The highest BCUT2D eigenvalue weighted by atomic mass is 127. The van der Waals surface area contributed by atoms with Crippen LogP contribution in [0.25, 0.3) is 0 Å². The molecular weight excluding hydrogens is 443 g/mol. The molecule has 0 atom stereocenters. The van der Waals surface area contributed by atoms with Gasteiger partial charge in [0.15, 0.2) is 5.96 Å². The van der Waals surface area contributed by atoms with Crippen molar-refractivity contribution in [1.82, 2.24) is 14.9 Å². The normalized spacial score (nSPS) is 22.0. The Balaban J connectivity index is 0.00000288. The lowest BCUT2D eigenvalue weighted by molar-refractivity contribution is 0.0675. The number of hydrogen-bond donors (Lipinski definition) is 2. The number of hydrogen-bond acceptors (Lipinski definition) is 4. The number of halogens is 1. The third kappa shape index (κ3) is 7.40. The zero-order valence-corrected chi connectivity index (χ0v) is 17.8. The van der Waals surface area contributed by atoms with Crippen LogP contribution in [0.2, 0.25) is 0 Å². The summed E-state index contributed by atoms with van der Waals surface area (Å²) in [6, 6.07) is 0. The molecule has 142 valence electrons. The van der Waals surface area contributed by atoms with Gasteiger partial charge in [0, 0.05) is 46.4 Å². The van der Waals surface area contributed by atoms with Gasteiger partial charge >= 0.3 is 0 Å². The van der Waals surface area contributed by atoms with Gasteiger partial charge in [0.05, 0.1) is 6.26 Å². The van der Waals surface area contributed by atoms with Crippen molar-refractivity contribution in [1.29, 1.82) is 0 Å². The van der Waals surface area contributed by atoms with Crippen LogP contribution < -0.4 is 10.6 Å². The quantitative estimate of drug-likeness (QED) is 0.351. The zero-order valence-electron chi connectivity index (χ0n) is 14.7. The Morgan fingerprint density at radius 2 is 1.58 bits per heavy atom. The molecule has 0 amide bonds. The van der Waals surface area contributed by atoms with Crippen molar-refractivity contribution in [3.8, 4) is 0 Å². The highest BCUT2D eigenvalue weighted by molar-refractivity contribution is 14.0. The molecule has 2 N–H and O–H groups in total. The van der Waals surface area contributed by atoms with Gasteiger partial charge in [-0.25, -0.2) is 12.7 Å². The second-order valence-electron chi connectivity index (χ2n) is 6.50. The first-order chi connectivity index (χ1) is 11.0. The van der Waals surface area contributed by atoms with E-state index in [1.807, 2.05) is 0 Å². The summed E-state index contributed by atoms with van der Waals surface area (Å²) in [5, 5.41) is 6.76. The highest BCUT2D eigenvalue weighted by Crippen LogP contribution is 2.18. The average Bonchev–Trinajstić information content (AvgIpc) is 2.55. The molecule has 24 heavy (non-hydrogen) atoms.